The third-order valence-corrected chi connectivity index (χ3v) is 5.67. The molecule has 0 nitrogen and oxygen atoms in total. The van der Waals surface area contributed by atoms with Crippen LogP contribution < -0.4 is 0 Å². The van der Waals surface area contributed by atoms with E-state index in [0.29, 0.717) is 5.41 Å². The van der Waals surface area contributed by atoms with Crippen LogP contribution in [0.15, 0.2) is 48.1 Å². The second-order valence-corrected chi connectivity index (χ2v) is 7.05. The van der Waals surface area contributed by atoms with Crippen LogP contribution in [-0.4, -0.2) is 0 Å². The number of hydrogen-bond donors (Lipinski definition) is 0. The Hall–Kier alpha value is -1.30. The lowest BCUT2D eigenvalue weighted by Gasteiger charge is -2.40. The lowest BCUT2D eigenvalue weighted by molar-refractivity contribution is 0.343. The number of benzene rings is 1. The van der Waals surface area contributed by atoms with E-state index in [4.69, 9.17) is 0 Å². The molecule has 0 radical (unpaired) electrons. The van der Waals surface area contributed by atoms with E-state index in [0.717, 1.165) is 11.8 Å². The van der Waals surface area contributed by atoms with Crippen LogP contribution in [0.3, 0.4) is 0 Å². The average Bonchev–Trinajstić information content (AvgIpc) is 3.27. The summed E-state index contributed by atoms with van der Waals surface area (Å²) in [6.45, 7) is 2.19. The first-order chi connectivity index (χ1) is 9.78. The topological polar surface area (TPSA) is 0 Å². The van der Waals surface area contributed by atoms with Gasteiger partial charge in [-0.15, -0.1) is 0 Å². The maximum absolute atomic E-state index is 2.61. The Morgan fingerprint density at radius 3 is 2.40 bits per heavy atom. The second-order valence-electron chi connectivity index (χ2n) is 7.05. The minimum absolute atomic E-state index is 0.315. The highest BCUT2D eigenvalue weighted by molar-refractivity contribution is 5.46. The zero-order valence-corrected chi connectivity index (χ0v) is 12.4. The van der Waals surface area contributed by atoms with Crippen LogP contribution in [0.5, 0.6) is 0 Å². The fraction of sp³-hybridized carbons (Fsp3) is 0.500. The van der Waals surface area contributed by atoms with E-state index < -0.39 is 0 Å². The molecule has 104 valence electrons. The summed E-state index contributed by atoms with van der Waals surface area (Å²) in [7, 11) is 0. The van der Waals surface area contributed by atoms with Gasteiger partial charge in [0.1, 0.15) is 0 Å². The van der Waals surface area contributed by atoms with Crippen molar-refractivity contribution in [2.24, 2.45) is 11.8 Å². The Balaban J connectivity index is 1.77. The predicted molar refractivity (Wildman–Crippen MR) is 84.8 cm³/mol. The maximum atomic E-state index is 2.61. The van der Waals surface area contributed by atoms with Gasteiger partial charge in [-0.05, 0) is 49.2 Å². The largest absolute Gasteiger partial charge is 0.0805 e. The van der Waals surface area contributed by atoms with Gasteiger partial charge in [0.2, 0.25) is 0 Å². The first kappa shape index (κ1) is 12.4. The zero-order chi connectivity index (χ0) is 13.6. The van der Waals surface area contributed by atoms with Gasteiger partial charge in [0.05, 0.1) is 0 Å². The van der Waals surface area contributed by atoms with Crippen molar-refractivity contribution in [2.45, 2.75) is 50.9 Å². The van der Waals surface area contributed by atoms with Gasteiger partial charge in [-0.3, -0.25) is 0 Å². The zero-order valence-electron chi connectivity index (χ0n) is 12.4. The van der Waals surface area contributed by atoms with Gasteiger partial charge >= 0.3 is 0 Å². The number of fused-ring (bicyclic) bond motifs is 1. The first-order valence-corrected chi connectivity index (χ1v) is 8.26. The van der Waals surface area contributed by atoms with Crippen LogP contribution in [0.1, 0.15) is 49.7 Å². The lowest BCUT2D eigenvalue weighted by Crippen LogP contribution is -2.31. The molecule has 2 saturated carbocycles. The van der Waals surface area contributed by atoms with Crippen LogP contribution in [0, 0.1) is 18.8 Å². The van der Waals surface area contributed by atoms with Crippen molar-refractivity contribution < 1.29 is 0 Å². The summed E-state index contributed by atoms with van der Waals surface area (Å²) in [6.07, 6.45) is 15.8. The molecule has 2 unspecified atom stereocenters. The van der Waals surface area contributed by atoms with Gasteiger partial charge in [-0.2, -0.15) is 0 Å². The number of allylic oxidation sites excluding steroid dienone is 4. The highest BCUT2D eigenvalue weighted by atomic mass is 14.5. The minimum atomic E-state index is 0.315. The smallest absolute Gasteiger partial charge is 0.0199 e. The molecule has 0 aromatic heterocycles. The summed E-state index contributed by atoms with van der Waals surface area (Å²) in [5.41, 5.74) is 4.86. The van der Waals surface area contributed by atoms with Gasteiger partial charge in [0, 0.05) is 5.41 Å². The molecule has 2 fully saturated rings. The molecule has 20 heavy (non-hydrogen) atoms. The van der Waals surface area contributed by atoms with Crippen molar-refractivity contribution in [2.75, 3.05) is 0 Å². The Bertz CT molecular complexity index is 552. The van der Waals surface area contributed by atoms with Crippen LogP contribution in [-0.2, 0) is 5.41 Å². The normalized spacial score (nSPS) is 30.6. The molecule has 1 aromatic carbocycles. The van der Waals surface area contributed by atoms with Crippen molar-refractivity contribution in [3.05, 3.63) is 59.2 Å². The molecule has 0 bridgehead atoms. The third kappa shape index (κ3) is 1.97. The van der Waals surface area contributed by atoms with Crippen molar-refractivity contribution in [1.82, 2.24) is 0 Å². The molecule has 0 spiro atoms. The van der Waals surface area contributed by atoms with Crippen molar-refractivity contribution >= 4 is 0 Å². The highest BCUT2D eigenvalue weighted by Crippen LogP contribution is 2.52. The molecule has 0 aliphatic heterocycles. The molecule has 3 aliphatic rings. The fourth-order valence-corrected chi connectivity index (χ4v) is 4.25. The minimum Gasteiger partial charge on any atom is -0.0805 e. The Kier molecular flexibility index (Phi) is 2.87. The molecule has 2 atom stereocenters. The number of rotatable bonds is 2. The molecular formula is C20H24. The van der Waals surface area contributed by atoms with E-state index >= 15 is 0 Å². The van der Waals surface area contributed by atoms with E-state index in [-0.39, 0.29) is 0 Å². The van der Waals surface area contributed by atoms with E-state index in [2.05, 4.69) is 49.4 Å². The summed E-state index contributed by atoms with van der Waals surface area (Å²) in [6, 6.07) is 9.35. The molecule has 3 aliphatic carbocycles. The summed E-state index contributed by atoms with van der Waals surface area (Å²) in [4.78, 5) is 0. The quantitative estimate of drug-likeness (QED) is 0.677. The summed E-state index contributed by atoms with van der Waals surface area (Å²) < 4.78 is 0. The van der Waals surface area contributed by atoms with Crippen molar-refractivity contribution in [3.63, 3.8) is 0 Å². The Labute approximate surface area is 122 Å². The maximum Gasteiger partial charge on any atom is 0.0199 e. The van der Waals surface area contributed by atoms with E-state index in [1.165, 1.54) is 44.1 Å². The number of hydrogen-bond acceptors (Lipinski definition) is 0. The molecule has 0 N–H and O–H groups in total. The standard InChI is InChI=1S/C20H24/c1-15-5-8-18(9-6-15)20(11-3-2-4-12-20)19-10-7-16-13-17(16)14-19/h5-10,14,16-17H,2-4,11-13H2,1H3. The molecule has 0 heterocycles. The molecular weight excluding hydrogens is 240 g/mol. The van der Waals surface area contributed by atoms with Crippen LogP contribution in [0.25, 0.3) is 0 Å². The lowest BCUT2D eigenvalue weighted by atomic mass is 9.64. The van der Waals surface area contributed by atoms with Crippen molar-refractivity contribution in [1.29, 1.82) is 0 Å². The summed E-state index contributed by atoms with van der Waals surface area (Å²) >= 11 is 0. The molecule has 4 rings (SSSR count). The highest BCUT2D eigenvalue weighted by Gasteiger charge is 2.42. The van der Waals surface area contributed by atoms with Crippen LogP contribution in [0.2, 0.25) is 0 Å². The number of aryl methyl sites for hydroxylation is 1. The van der Waals surface area contributed by atoms with Gasteiger partial charge in [0.25, 0.3) is 0 Å². The van der Waals surface area contributed by atoms with E-state index in [1.807, 2.05) is 0 Å². The van der Waals surface area contributed by atoms with Gasteiger partial charge in [0.15, 0.2) is 0 Å². The fourth-order valence-electron chi connectivity index (χ4n) is 4.25. The van der Waals surface area contributed by atoms with Crippen molar-refractivity contribution in [3.8, 4) is 0 Å². The third-order valence-electron chi connectivity index (χ3n) is 5.67. The SMILES string of the molecule is Cc1ccc(C2(C3=CC4CC4C=C3)CCCCC2)cc1. The Morgan fingerprint density at radius 1 is 0.950 bits per heavy atom. The predicted octanol–water partition coefficient (Wildman–Crippen LogP) is 5.33. The summed E-state index contributed by atoms with van der Waals surface area (Å²) in [5.74, 6) is 1.73. The van der Waals surface area contributed by atoms with E-state index in [9.17, 15) is 0 Å². The van der Waals surface area contributed by atoms with E-state index in [1.54, 1.807) is 11.1 Å². The monoisotopic (exact) mass is 264 g/mol. The molecule has 0 saturated heterocycles. The van der Waals surface area contributed by atoms with Crippen LogP contribution in [0.4, 0.5) is 0 Å². The van der Waals surface area contributed by atoms with Crippen LogP contribution >= 0.6 is 0 Å². The molecule has 0 heteroatoms. The van der Waals surface area contributed by atoms with Gasteiger partial charge < -0.3 is 0 Å². The first-order valence-electron chi connectivity index (χ1n) is 8.26. The Morgan fingerprint density at radius 2 is 1.70 bits per heavy atom. The summed E-state index contributed by atoms with van der Waals surface area (Å²) in [5, 5.41) is 0. The molecule has 1 aromatic rings. The van der Waals surface area contributed by atoms with Gasteiger partial charge in [-0.25, -0.2) is 0 Å². The average molecular weight is 264 g/mol. The second kappa shape index (κ2) is 4.62. The molecule has 0 amide bonds. The van der Waals surface area contributed by atoms with Gasteiger partial charge in [-0.1, -0.05) is 67.3 Å².